The topological polar surface area (TPSA) is 38.5 Å². The Bertz CT molecular complexity index is 395. The minimum atomic E-state index is 0.667. The molecule has 0 bridgehead atoms. The Morgan fingerprint density at radius 2 is 2.33 bits per heavy atom. The third-order valence-electron chi connectivity index (χ3n) is 3.51. The number of methoxy groups -OCH3 is 1. The van der Waals surface area contributed by atoms with Gasteiger partial charge in [0.1, 0.15) is 0 Å². The summed E-state index contributed by atoms with van der Waals surface area (Å²) in [5.41, 5.74) is 8.14. The first-order valence-corrected chi connectivity index (χ1v) is 7.23. The number of halogens is 1. The number of likely N-dealkylation sites (tertiary alicyclic amines) is 1. The highest BCUT2D eigenvalue weighted by Gasteiger charge is 2.20. The molecule has 1 fully saturated rings. The van der Waals surface area contributed by atoms with Gasteiger partial charge in [-0.2, -0.15) is 0 Å². The summed E-state index contributed by atoms with van der Waals surface area (Å²) >= 11 is 3.44. The number of rotatable bonds is 4. The molecule has 0 aliphatic carbocycles. The maximum absolute atomic E-state index is 6.05. The molecule has 1 saturated heterocycles. The molecule has 1 atom stereocenters. The first kappa shape index (κ1) is 13.8. The van der Waals surface area contributed by atoms with Crippen LogP contribution in [0.1, 0.15) is 18.4 Å². The maximum Gasteiger partial charge on any atom is 0.0502 e. The fourth-order valence-electron chi connectivity index (χ4n) is 2.62. The first-order valence-electron chi connectivity index (χ1n) is 6.44. The summed E-state index contributed by atoms with van der Waals surface area (Å²) in [4.78, 5) is 2.48. The largest absolute Gasteiger partial charge is 0.398 e. The molecular formula is C14H21BrN2O. The summed E-state index contributed by atoms with van der Waals surface area (Å²) in [6.45, 7) is 4.09. The molecule has 1 aromatic rings. The molecule has 0 saturated carbocycles. The summed E-state index contributed by atoms with van der Waals surface area (Å²) in [7, 11) is 1.78. The maximum atomic E-state index is 6.05. The van der Waals surface area contributed by atoms with Gasteiger partial charge in [-0.1, -0.05) is 22.0 Å². The minimum absolute atomic E-state index is 0.667. The monoisotopic (exact) mass is 312 g/mol. The van der Waals surface area contributed by atoms with Gasteiger partial charge in [0.05, 0.1) is 6.61 Å². The van der Waals surface area contributed by atoms with Crippen LogP contribution in [0.25, 0.3) is 0 Å². The number of hydrogen-bond donors (Lipinski definition) is 1. The molecular weight excluding hydrogens is 292 g/mol. The Labute approximate surface area is 117 Å². The third-order valence-corrected chi connectivity index (χ3v) is 4.00. The van der Waals surface area contributed by atoms with Gasteiger partial charge in [-0.05, 0) is 43.0 Å². The Hall–Kier alpha value is -0.580. The summed E-state index contributed by atoms with van der Waals surface area (Å²) in [5, 5.41) is 0. The predicted octanol–water partition coefficient (Wildman–Crippen LogP) is 2.89. The SMILES string of the molecule is COCC1CCCN(Cc2ccc(Br)cc2N)C1. The quantitative estimate of drug-likeness (QED) is 0.869. The lowest BCUT2D eigenvalue weighted by atomic mass is 9.98. The van der Waals surface area contributed by atoms with Gasteiger partial charge in [-0.3, -0.25) is 4.90 Å². The third kappa shape index (κ3) is 3.70. The van der Waals surface area contributed by atoms with E-state index in [4.69, 9.17) is 10.5 Å². The van der Waals surface area contributed by atoms with Crippen molar-refractivity contribution in [3.05, 3.63) is 28.2 Å². The highest BCUT2D eigenvalue weighted by atomic mass is 79.9. The lowest BCUT2D eigenvalue weighted by Crippen LogP contribution is -2.36. The highest BCUT2D eigenvalue weighted by molar-refractivity contribution is 9.10. The van der Waals surface area contributed by atoms with Crippen LogP contribution in [0.5, 0.6) is 0 Å². The van der Waals surface area contributed by atoms with E-state index in [2.05, 4.69) is 33.0 Å². The van der Waals surface area contributed by atoms with Crippen LogP contribution < -0.4 is 5.73 Å². The summed E-state index contributed by atoms with van der Waals surface area (Å²) in [6, 6.07) is 6.15. The zero-order valence-electron chi connectivity index (χ0n) is 10.9. The van der Waals surface area contributed by atoms with Crippen LogP contribution in [0.3, 0.4) is 0 Å². The van der Waals surface area contributed by atoms with Crippen molar-refractivity contribution in [1.29, 1.82) is 0 Å². The summed E-state index contributed by atoms with van der Waals surface area (Å²) in [5.74, 6) is 0.667. The Morgan fingerprint density at radius 3 is 3.06 bits per heavy atom. The van der Waals surface area contributed by atoms with Crippen molar-refractivity contribution in [1.82, 2.24) is 4.90 Å². The number of anilines is 1. The van der Waals surface area contributed by atoms with Crippen molar-refractivity contribution in [2.75, 3.05) is 32.5 Å². The van der Waals surface area contributed by atoms with Gasteiger partial charge in [-0.15, -0.1) is 0 Å². The lowest BCUT2D eigenvalue weighted by Gasteiger charge is -2.32. The van der Waals surface area contributed by atoms with E-state index >= 15 is 0 Å². The number of benzene rings is 1. The second kappa shape index (κ2) is 6.55. The fraction of sp³-hybridized carbons (Fsp3) is 0.571. The standard InChI is InChI=1S/C14H21BrN2O/c1-18-10-11-3-2-6-17(8-11)9-12-4-5-13(15)7-14(12)16/h4-5,7,11H,2-3,6,8-10,16H2,1H3. The zero-order valence-corrected chi connectivity index (χ0v) is 12.4. The van der Waals surface area contributed by atoms with Crippen molar-refractivity contribution in [2.45, 2.75) is 19.4 Å². The van der Waals surface area contributed by atoms with Crippen LogP contribution in [-0.4, -0.2) is 31.7 Å². The number of piperidine rings is 1. The number of ether oxygens (including phenoxy) is 1. The second-order valence-electron chi connectivity index (χ2n) is 5.04. The van der Waals surface area contributed by atoms with Crippen molar-refractivity contribution >= 4 is 21.6 Å². The van der Waals surface area contributed by atoms with Gasteiger partial charge < -0.3 is 10.5 Å². The van der Waals surface area contributed by atoms with Crippen LogP contribution in [-0.2, 0) is 11.3 Å². The average molecular weight is 313 g/mol. The average Bonchev–Trinajstić information content (AvgIpc) is 2.34. The van der Waals surface area contributed by atoms with E-state index in [1.54, 1.807) is 7.11 Å². The smallest absolute Gasteiger partial charge is 0.0502 e. The molecule has 2 N–H and O–H groups in total. The van der Waals surface area contributed by atoms with Crippen molar-refractivity contribution in [3.8, 4) is 0 Å². The zero-order chi connectivity index (χ0) is 13.0. The minimum Gasteiger partial charge on any atom is -0.398 e. The summed E-state index contributed by atoms with van der Waals surface area (Å²) < 4.78 is 6.30. The molecule has 18 heavy (non-hydrogen) atoms. The molecule has 0 radical (unpaired) electrons. The van der Waals surface area contributed by atoms with Gasteiger partial charge in [0.2, 0.25) is 0 Å². The van der Waals surface area contributed by atoms with Gasteiger partial charge >= 0.3 is 0 Å². The molecule has 1 aromatic carbocycles. The van der Waals surface area contributed by atoms with E-state index in [-0.39, 0.29) is 0 Å². The lowest BCUT2D eigenvalue weighted by molar-refractivity contribution is 0.0875. The molecule has 1 aliphatic rings. The summed E-state index contributed by atoms with van der Waals surface area (Å²) in [6.07, 6.45) is 2.53. The van der Waals surface area contributed by atoms with Crippen molar-refractivity contribution in [3.63, 3.8) is 0 Å². The van der Waals surface area contributed by atoms with E-state index in [0.29, 0.717) is 5.92 Å². The van der Waals surface area contributed by atoms with Crippen molar-refractivity contribution < 1.29 is 4.74 Å². The molecule has 1 heterocycles. The van der Waals surface area contributed by atoms with Crippen LogP contribution in [0, 0.1) is 5.92 Å². The van der Waals surface area contributed by atoms with Crippen molar-refractivity contribution in [2.24, 2.45) is 5.92 Å². The Kier molecular flexibility index (Phi) is 5.03. The molecule has 0 amide bonds. The number of hydrogen-bond acceptors (Lipinski definition) is 3. The number of nitrogen functional groups attached to an aromatic ring is 1. The van der Waals surface area contributed by atoms with E-state index < -0.39 is 0 Å². The van der Waals surface area contributed by atoms with Gasteiger partial charge in [0.25, 0.3) is 0 Å². The highest BCUT2D eigenvalue weighted by Crippen LogP contribution is 2.23. The normalized spacial score (nSPS) is 21.1. The van der Waals surface area contributed by atoms with Crippen LogP contribution in [0.15, 0.2) is 22.7 Å². The Morgan fingerprint density at radius 1 is 1.50 bits per heavy atom. The van der Waals surface area contributed by atoms with E-state index in [1.165, 1.54) is 18.4 Å². The predicted molar refractivity (Wildman–Crippen MR) is 78.4 cm³/mol. The molecule has 3 nitrogen and oxygen atoms in total. The molecule has 100 valence electrons. The van der Waals surface area contributed by atoms with Crippen LogP contribution in [0.2, 0.25) is 0 Å². The molecule has 4 heteroatoms. The number of nitrogens with two attached hydrogens (primary N) is 1. The molecule has 1 aliphatic heterocycles. The molecule has 1 unspecified atom stereocenters. The second-order valence-corrected chi connectivity index (χ2v) is 5.96. The molecule has 0 spiro atoms. The van der Waals surface area contributed by atoms with Crippen LogP contribution >= 0.6 is 15.9 Å². The van der Waals surface area contributed by atoms with E-state index in [9.17, 15) is 0 Å². The molecule has 0 aromatic heterocycles. The van der Waals surface area contributed by atoms with Crippen LogP contribution in [0.4, 0.5) is 5.69 Å². The van der Waals surface area contributed by atoms with E-state index in [1.807, 2.05) is 6.07 Å². The Balaban J connectivity index is 1.96. The molecule has 2 rings (SSSR count). The van der Waals surface area contributed by atoms with Gasteiger partial charge in [0, 0.05) is 30.4 Å². The van der Waals surface area contributed by atoms with Gasteiger partial charge in [-0.25, -0.2) is 0 Å². The van der Waals surface area contributed by atoms with E-state index in [0.717, 1.165) is 36.4 Å². The number of nitrogens with zero attached hydrogens (tertiary/aromatic N) is 1. The first-order chi connectivity index (χ1) is 8.69. The fourth-order valence-corrected chi connectivity index (χ4v) is 3.00. The van der Waals surface area contributed by atoms with Gasteiger partial charge in [0.15, 0.2) is 0 Å².